The SMILES string of the molecule is Cc1cc(CC#N)cc(F)c1OCc1ccccc1. The Morgan fingerprint density at radius 1 is 1.16 bits per heavy atom. The van der Waals surface area contributed by atoms with Gasteiger partial charge < -0.3 is 4.74 Å². The Bertz CT molecular complexity index is 579. The molecule has 2 nitrogen and oxygen atoms in total. The maximum absolute atomic E-state index is 13.9. The fourth-order valence-corrected chi connectivity index (χ4v) is 1.91. The summed E-state index contributed by atoms with van der Waals surface area (Å²) in [5.74, 6) is -0.160. The van der Waals surface area contributed by atoms with Gasteiger partial charge in [0.05, 0.1) is 12.5 Å². The zero-order valence-corrected chi connectivity index (χ0v) is 10.7. The minimum absolute atomic E-state index is 0.205. The van der Waals surface area contributed by atoms with Crippen molar-refractivity contribution in [2.45, 2.75) is 20.0 Å². The lowest BCUT2D eigenvalue weighted by molar-refractivity contribution is 0.288. The highest BCUT2D eigenvalue weighted by Crippen LogP contribution is 2.25. The summed E-state index contributed by atoms with van der Waals surface area (Å²) < 4.78 is 19.4. The zero-order valence-electron chi connectivity index (χ0n) is 10.7. The van der Waals surface area contributed by atoms with Crippen LogP contribution in [-0.2, 0) is 13.0 Å². The Morgan fingerprint density at radius 3 is 2.53 bits per heavy atom. The summed E-state index contributed by atoms with van der Waals surface area (Å²) in [6, 6.07) is 14.8. The van der Waals surface area contributed by atoms with Crippen molar-refractivity contribution in [1.82, 2.24) is 0 Å². The van der Waals surface area contributed by atoms with Gasteiger partial charge in [-0.3, -0.25) is 0 Å². The standard InChI is InChI=1S/C16H14FNO/c1-12-9-14(7-8-18)10-15(17)16(12)19-11-13-5-3-2-4-6-13/h2-6,9-10H,7,11H2,1H3. The number of aryl methyl sites for hydroxylation is 1. The molecule has 0 N–H and O–H groups in total. The van der Waals surface area contributed by atoms with Gasteiger partial charge in [-0.15, -0.1) is 0 Å². The fraction of sp³-hybridized carbons (Fsp3) is 0.188. The molecule has 0 amide bonds. The summed E-state index contributed by atoms with van der Waals surface area (Å²) in [5, 5.41) is 8.62. The second-order valence-corrected chi connectivity index (χ2v) is 4.33. The Labute approximate surface area is 112 Å². The van der Waals surface area contributed by atoms with Crippen molar-refractivity contribution in [3.63, 3.8) is 0 Å². The molecule has 19 heavy (non-hydrogen) atoms. The van der Waals surface area contributed by atoms with Crippen LogP contribution in [0.4, 0.5) is 4.39 Å². The predicted molar refractivity (Wildman–Crippen MR) is 71.2 cm³/mol. The summed E-state index contributed by atoms with van der Waals surface area (Å²) >= 11 is 0. The molecular formula is C16H14FNO. The number of hydrogen-bond donors (Lipinski definition) is 0. The van der Waals surface area contributed by atoms with Crippen LogP contribution in [0.2, 0.25) is 0 Å². The highest BCUT2D eigenvalue weighted by atomic mass is 19.1. The third-order valence-corrected chi connectivity index (χ3v) is 2.80. The molecule has 0 spiro atoms. The molecule has 3 heteroatoms. The van der Waals surface area contributed by atoms with Crippen LogP contribution in [0.1, 0.15) is 16.7 Å². The minimum Gasteiger partial charge on any atom is -0.486 e. The minimum atomic E-state index is -0.416. The van der Waals surface area contributed by atoms with E-state index in [1.807, 2.05) is 36.4 Å². The predicted octanol–water partition coefficient (Wildman–Crippen LogP) is 3.78. The molecule has 2 rings (SSSR count). The third-order valence-electron chi connectivity index (χ3n) is 2.80. The lowest BCUT2D eigenvalue weighted by atomic mass is 10.1. The van der Waals surface area contributed by atoms with Crippen molar-refractivity contribution in [2.75, 3.05) is 0 Å². The fourth-order valence-electron chi connectivity index (χ4n) is 1.91. The summed E-state index contributed by atoms with van der Waals surface area (Å²) in [4.78, 5) is 0. The molecule has 0 saturated heterocycles. The Balaban J connectivity index is 2.15. The van der Waals surface area contributed by atoms with Gasteiger partial charge in [0, 0.05) is 0 Å². The molecule has 2 aromatic carbocycles. The lowest BCUT2D eigenvalue weighted by Gasteiger charge is -2.11. The molecule has 0 bridgehead atoms. The van der Waals surface area contributed by atoms with Crippen molar-refractivity contribution in [1.29, 1.82) is 5.26 Å². The van der Waals surface area contributed by atoms with E-state index in [2.05, 4.69) is 0 Å². The third kappa shape index (κ3) is 3.32. The first kappa shape index (κ1) is 13.1. The summed E-state index contributed by atoms with van der Waals surface area (Å²) in [7, 11) is 0. The monoisotopic (exact) mass is 255 g/mol. The van der Waals surface area contributed by atoms with Gasteiger partial charge >= 0.3 is 0 Å². The van der Waals surface area contributed by atoms with E-state index in [4.69, 9.17) is 10.00 Å². The molecule has 0 atom stereocenters. The first-order valence-corrected chi connectivity index (χ1v) is 6.03. The van der Waals surface area contributed by atoms with Gasteiger partial charge in [-0.25, -0.2) is 4.39 Å². The molecule has 0 aromatic heterocycles. The van der Waals surface area contributed by atoms with Crippen molar-refractivity contribution in [2.24, 2.45) is 0 Å². The van der Waals surface area contributed by atoms with Crippen molar-refractivity contribution in [3.05, 3.63) is 65.0 Å². The number of halogens is 1. The van der Waals surface area contributed by atoms with Gasteiger partial charge in [0.2, 0.25) is 0 Å². The van der Waals surface area contributed by atoms with Crippen molar-refractivity contribution in [3.8, 4) is 11.8 Å². The summed E-state index contributed by atoms with van der Waals surface area (Å²) in [6.45, 7) is 2.11. The molecule has 2 aromatic rings. The van der Waals surface area contributed by atoms with E-state index in [-0.39, 0.29) is 12.2 Å². The number of ether oxygens (including phenoxy) is 1. The molecule has 0 aliphatic heterocycles. The number of rotatable bonds is 4. The molecule has 0 aliphatic rings. The average Bonchev–Trinajstić information content (AvgIpc) is 2.39. The van der Waals surface area contributed by atoms with E-state index in [9.17, 15) is 4.39 Å². The van der Waals surface area contributed by atoms with Gasteiger partial charge in [0.15, 0.2) is 11.6 Å². The van der Waals surface area contributed by atoms with Crippen molar-refractivity contribution < 1.29 is 9.13 Å². The molecule has 0 radical (unpaired) electrons. The number of nitriles is 1. The largest absolute Gasteiger partial charge is 0.486 e. The first-order chi connectivity index (χ1) is 9.20. The second kappa shape index (κ2) is 6.01. The Kier molecular flexibility index (Phi) is 4.15. The van der Waals surface area contributed by atoms with E-state index >= 15 is 0 Å². The van der Waals surface area contributed by atoms with E-state index in [1.165, 1.54) is 6.07 Å². The maximum Gasteiger partial charge on any atom is 0.165 e. The van der Waals surface area contributed by atoms with Gasteiger partial charge in [0.25, 0.3) is 0 Å². The van der Waals surface area contributed by atoms with E-state index in [0.717, 1.165) is 5.56 Å². The maximum atomic E-state index is 13.9. The van der Waals surface area contributed by atoms with Crippen LogP contribution in [0.25, 0.3) is 0 Å². The lowest BCUT2D eigenvalue weighted by Crippen LogP contribution is -2.00. The van der Waals surface area contributed by atoms with Gasteiger partial charge in [0.1, 0.15) is 6.61 Å². The first-order valence-electron chi connectivity index (χ1n) is 6.03. The van der Waals surface area contributed by atoms with Crippen LogP contribution >= 0.6 is 0 Å². The molecule has 0 saturated carbocycles. The summed E-state index contributed by atoms with van der Waals surface area (Å²) in [6.07, 6.45) is 0.205. The smallest absolute Gasteiger partial charge is 0.165 e. The Morgan fingerprint density at radius 2 is 1.89 bits per heavy atom. The van der Waals surface area contributed by atoms with Crippen LogP contribution in [-0.4, -0.2) is 0 Å². The number of nitrogens with zero attached hydrogens (tertiary/aromatic N) is 1. The normalized spacial score (nSPS) is 9.95. The molecule has 96 valence electrons. The van der Waals surface area contributed by atoms with E-state index < -0.39 is 5.82 Å². The van der Waals surface area contributed by atoms with E-state index in [1.54, 1.807) is 13.0 Å². The van der Waals surface area contributed by atoms with Crippen LogP contribution < -0.4 is 4.74 Å². The zero-order chi connectivity index (χ0) is 13.7. The molecule has 0 aliphatic carbocycles. The molecular weight excluding hydrogens is 241 g/mol. The molecule has 0 fully saturated rings. The van der Waals surface area contributed by atoms with Crippen molar-refractivity contribution >= 4 is 0 Å². The number of benzene rings is 2. The topological polar surface area (TPSA) is 33.0 Å². The second-order valence-electron chi connectivity index (χ2n) is 4.33. The van der Waals surface area contributed by atoms with Gasteiger partial charge in [-0.1, -0.05) is 36.4 Å². The van der Waals surface area contributed by atoms with E-state index in [0.29, 0.717) is 17.7 Å². The van der Waals surface area contributed by atoms with Crippen LogP contribution in [0.5, 0.6) is 5.75 Å². The highest BCUT2D eigenvalue weighted by Gasteiger charge is 2.09. The highest BCUT2D eigenvalue weighted by molar-refractivity contribution is 5.38. The summed E-state index contributed by atoms with van der Waals surface area (Å²) in [5.41, 5.74) is 2.37. The molecule has 0 heterocycles. The molecule has 0 unspecified atom stereocenters. The van der Waals surface area contributed by atoms with Crippen LogP contribution in [0.3, 0.4) is 0 Å². The van der Waals surface area contributed by atoms with Crippen LogP contribution in [0.15, 0.2) is 42.5 Å². The number of hydrogen-bond acceptors (Lipinski definition) is 2. The van der Waals surface area contributed by atoms with Gasteiger partial charge in [-0.2, -0.15) is 5.26 Å². The quantitative estimate of drug-likeness (QED) is 0.833. The van der Waals surface area contributed by atoms with Crippen LogP contribution in [0, 0.1) is 24.1 Å². The average molecular weight is 255 g/mol. The Hall–Kier alpha value is -2.34. The van der Waals surface area contributed by atoms with Gasteiger partial charge in [-0.05, 0) is 29.7 Å².